The standard InChI is InChI=1S/C16H28N2OS/c1-5-16(12(2)3,17-10-11-19-4)15-18-13-8-6-7-9-14(13)20-15/h12,17H,5-11H2,1-4H3. The maximum absolute atomic E-state index is 5.20. The number of aryl methyl sites for hydroxylation is 2. The molecular weight excluding hydrogens is 268 g/mol. The molecule has 3 nitrogen and oxygen atoms in total. The first-order valence-electron chi connectivity index (χ1n) is 7.87. The van der Waals surface area contributed by atoms with Crippen molar-refractivity contribution >= 4 is 11.3 Å². The molecule has 20 heavy (non-hydrogen) atoms. The second-order valence-corrected chi connectivity index (χ2v) is 7.08. The number of hydrogen-bond acceptors (Lipinski definition) is 4. The van der Waals surface area contributed by atoms with E-state index in [2.05, 4.69) is 26.1 Å². The van der Waals surface area contributed by atoms with E-state index in [1.807, 2.05) is 11.3 Å². The fraction of sp³-hybridized carbons (Fsp3) is 0.812. The van der Waals surface area contributed by atoms with Gasteiger partial charge in [0.1, 0.15) is 5.01 Å². The molecule has 1 aromatic rings. The summed E-state index contributed by atoms with van der Waals surface area (Å²) >= 11 is 1.94. The van der Waals surface area contributed by atoms with Gasteiger partial charge in [-0.1, -0.05) is 20.8 Å². The van der Waals surface area contributed by atoms with E-state index in [1.165, 1.54) is 41.3 Å². The molecule has 0 radical (unpaired) electrons. The molecule has 0 bridgehead atoms. The molecule has 0 aliphatic heterocycles. The van der Waals surface area contributed by atoms with Crippen LogP contribution in [0.5, 0.6) is 0 Å². The Bertz CT molecular complexity index is 407. The summed E-state index contributed by atoms with van der Waals surface area (Å²) in [6, 6.07) is 0. The molecule has 1 N–H and O–H groups in total. The lowest BCUT2D eigenvalue weighted by Gasteiger charge is -2.36. The Labute approximate surface area is 127 Å². The molecule has 0 fully saturated rings. The van der Waals surface area contributed by atoms with Crippen LogP contribution >= 0.6 is 11.3 Å². The van der Waals surface area contributed by atoms with Gasteiger partial charge in [0, 0.05) is 18.5 Å². The molecule has 0 spiro atoms. The van der Waals surface area contributed by atoms with E-state index in [1.54, 1.807) is 7.11 Å². The minimum Gasteiger partial charge on any atom is -0.383 e. The predicted molar refractivity (Wildman–Crippen MR) is 85.4 cm³/mol. The summed E-state index contributed by atoms with van der Waals surface area (Å²) in [7, 11) is 1.76. The smallest absolute Gasteiger partial charge is 0.114 e. The van der Waals surface area contributed by atoms with Crippen LogP contribution in [0.25, 0.3) is 0 Å². The Balaban J connectivity index is 2.27. The monoisotopic (exact) mass is 296 g/mol. The third-order valence-electron chi connectivity index (χ3n) is 4.52. The van der Waals surface area contributed by atoms with Crippen LogP contribution in [0.15, 0.2) is 0 Å². The molecule has 1 heterocycles. The molecule has 0 saturated heterocycles. The third-order valence-corrected chi connectivity index (χ3v) is 5.85. The lowest BCUT2D eigenvalue weighted by Crippen LogP contribution is -2.47. The number of nitrogens with one attached hydrogen (secondary N) is 1. The fourth-order valence-electron chi connectivity index (χ4n) is 3.13. The number of methoxy groups -OCH3 is 1. The second-order valence-electron chi connectivity index (χ2n) is 6.00. The van der Waals surface area contributed by atoms with Crippen LogP contribution in [0.1, 0.15) is 55.6 Å². The highest BCUT2D eigenvalue weighted by atomic mass is 32.1. The Hall–Kier alpha value is -0.450. The molecule has 1 unspecified atom stereocenters. The van der Waals surface area contributed by atoms with Gasteiger partial charge in [-0.2, -0.15) is 0 Å². The number of aromatic nitrogens is 1. The Kier molecular flexibility index (Phi) is 5.58. The zero-order chi connectivity index (χ0) is 14.6. The highest BCUT2D eigenvalue weighted by Crippen LogP contribution is 2.38. The van der Waals surface area contributed by atoms with Crippen molar-refractivity contribution in [2.24, 2.45) is 5.92 Å². The quantitative estimate of drug-likeness (QED) is 0.782. The van der Waals surface area contributed by atoms with E-state index in [0.29, 0.717) is 5.92 Å². The molecule has 1 atom stereocenters. The molecule has 4 heteroatoms. The van der Waals surface area contributed by atoms with Crippen molar-refractivity contribution in [3.63, 3.8) is 0 Å². The average Bonchev–Trinajstić information content (AvgIpc) is 2.87. The summed E-state index contributed by atoms with van der Waals surface area (Å²) in [4.78, 5) is 6.54. The lowest BCUT2D eigenvalue weighted by atomic mass is 9.84. The summed E-state index contributed by atoms with van der Waals surface area (Å²) in [5.41, 5.74) is 1.36. The average molecular weight is 296 g/mol. The predicted octanol–water partition coefficient (Wildman–Crippen LogP) is 3.52. The van der Waals surface area contributed by atoms with Gasteiger partial charge < -0.3 is 10.1 Å². The van der Waals surface area contributed by atoms with E-state index in [9.17, 15) is 0 Å². The third kappa shape index (κ3) is 3.07. The van der Waals surface area contributed by atoms with Gasteiger partial charge in [-0.25, -0.2) is 4.98 Å². The van der Waals surface area contributed by atoms with Crippen molar-refractivity contribution in [1.29, 1.82) is 0 Å². The van der Waals surface area contributed by atoms with E-state index >= 15 is 0 Å². The summed E-state index contributed by atoms with van der Waals surface area (Å²) in [6.07, 6.45) is 6.09. The molecule has 0 amide bonds. The van der Waals surface area contributed by atoms with Gasteiger partial charge in [-0.05, 0) is 38.0 Å². The first-order valence-corrected chi connectivity index (χ1v) is 8.68. The van der Waals surface area contributed by atoms with Crippen LogP contribution in [-0.2, 0) is 23.1 Å². The van der Waals surface area contributed by atoms with Gasteiger partial charge in [0.25, 0.3) is 0 Å². The number of hydrogen-bond donors (Lipinski definition) is 1. The maximum atomic E-state index is 5.20. The van der Waals surface area contributed by atoms with Crippen molar-refractivity contribution in [3.05, 3.63) is 15.6 Å². The van der Waals surface area contributed by atoms with Crippen molar-refractivity contribution in [1.82, 2.24) is 10.3 Å². The Morgan fingerprint density at radius 3 is 2.70 bits per heavy atom. The van der Waals surface area contributed by atoms with Crippen molar-refractivity contribution in [2.45, 2.75) is 58.4 Å². The maximum Gasteiger partial charge on any atom is 0.114 e. The van der Waals surface area contributed by atoms with Gasteiger partial charge in [0.2, 0.25) is 0 Å². The summed E-state index contributed by atoms with van der Waals surface area (Å²) < 4.78 is 5.20. The molecule has 1 aliphatic carbocycles. The van der Waals surface area contributed by atoms with E-state index in [4.69, 9.17) is 9.72 Å². The molecule has 1 aromatic heterocycles. The summed E-state index contributed by atoms with van der Waals surface area (Å²) in [5.74, 6) is 0.525. The van der Waals surface area contributed by atoms with Gasteiger partial charge in [-0.3, -0.25) is 0 Å². The van der Waals surface area contributed by atoms with Crippen LogP contribution in [0.2, 0.25) is 0 Å². The molecule has 114 valence electrons. The van der Waals surface area contributed by atoms with Gasteiger partial charge >= 0.3 is 0 Å². The van der Waals surface area contributed by atoms with E-state index < -0.39 is 0 Å². The SMILES string of the molecule is CCC(NCCOC)(c1nc2c(s1)CCCC2)C(C)C. The second kappa shape index (κ2) is 7.01. The minimum atomic E-state index is 0.000532. The van der Waals surface area contributed by atoms with Crippen molar-refractivity contribution < 1.29 is 4.74 Å². The molecule has 1 aliphatic rings. The van der Waals surface area contributed by atoms with Gasteiger partial charge in [-0.15, -0.1) is 11.3 Å². The molecule has 2 rings (SSSR count). The van der Waals surface area contributed by atoms with E-state index in [0.717, 1.165) is 19.6 Å². The van der Waals surface area contributed by atoms with E-state index in [-0.39, 0.29) is 5.54 Å². The van der Waals surface area contributed by atoms with Crippen LogP contribution in [0.3, 0.4) is 0 Å². The zero-order valence-corrected chi connectivity index (χ0v) is 14.1. The van der Waals surface area contributed by atoms with Gasteiger partial charge in [0.15, 0.2) is 0 Å². The van der Waals surface area contributed by atoms with Crippen LogP contribution in [0, 0.1) is 5.92 Å². The molecule has 0 aromatic carbocycles. The van der Waals surface area contributed by atoms with Crippen LogP contribution in [-0.4, -0.2) is 25.2 Å². The first kappa shape index (κ1) is 15.9. The zero-order valence-electron chi connectivity index (χ0n) is 13.3. The van der Waals surface area contributed by atoms with Crippen molar-refractivity contribution in [3.8, 4) is 0 Å². The Morgan fingerprint density at radius 2 is 2.10 bits per heavy atom. The topological polar surface area (TPSA) is 34.1 Å². The molecule has 0 saturated carbocycles. The number of ether oxygens (including phenoxy) is 1. The minimum absolute atomic E-state index is 0.000532. The highest BCUT2D eigenvalue weighted by Gasteiger charge is 2.37. The fourth-order valence-corrected chi connectivity index (χ4v) is 4.67. The number of nitrogens with zero attached hydrogens (tertiary/aromatic N) is 1. The highest BCUT2D eigenvalue weighted by molar-refractivity contribution is 7.11. The van der Waals surface area contributed by atoms with Crippen LogP contribution in [0.4, 0.5) is 0 Å². The summed E-state index contributed by atoms with van der Waals surface area (Å²) in [6.45, 7) is 8.49. The largest absolute Gasteiger partial charge is 0.383 e. The number of fused-ring (bicyclic) bond motifs is 1. The number of rotatable bonds is 7. The van der Waals surface area contributed by atoms with Crippen molar-refractivity contribution in [2.75, 3.05) is 20.3 Å². The molecular formula is C16H28N2OS. The first-order chi connectivity index (χ1) is 9.64. The Morgan fingerprint density at radius 1 is 1.35 bits per heavy atom. The lowest BCUT2D eigenvalue weighted by molar-refractivity contribution is 0.163. The summed E-state index contributed by atoms with van der Waals surface area (Å²) in [5, 5.41) is 5.02. The number of thiazole rings is 1. The normalized spacial score (nSPS) is 18.1. The van der Waals surface area contributed by atoms with Crippen LogP contribution < -0.4 is 5.32 Å². The van der Waals surface area contributed by atoms with Gasteiger partial charge in [0.05, 0.1) is 17.8 Å².